The Morgan fingerprint density at radius 3 is 2.14 bits per heavy atom. The molecular weight excluding hydrogens is 462 g/mol. The van der Waals surface area contributed by atoms with Crippen molar-refractivity contribution in [3.63, 3.8) is 0 Å². The lowest BCUT2D eigenvalue weighted by Crippen LogP contribution is -2.50. The third-order valence-electron chi connectivity index (χ3n) is 6.14. The molecule has 1 aromatic heterocycles. The number of nitro benzene ring substituents is 1. The zero-order chi connectivity index (χ0) is 25.7. The van der Waals surface area contributed by atoms with Gasteiger partial charge in [0.2, 0.25) is 0 Å². The molecule has 10 heteroatoms. The minimum atomic E-state index is -0.504. The number of nitro groups is 1. The SMILES string of the molecule is COc1ccc(C(=O)N2CCN(C(=O)c3ccc(NC(C)c4ccccn4)c([N+](=O)[O-])c3)CC2)cc1. The fraction of sp³-hybridized carbons (Fsp3) is 0.269. The van der Waals surface area contributed by atoms with Gasteiger partial charge in [-0.05, 0) is 55.5 Å². The summed E-state index contributed by atoms with van der Waals surface area (Å²) in [6, 6.07) is 16.5. The summed E-state index contributed by atoms with van der Waals surface area (Å²) < 4.78 is 5.13. The van der Waals surface area contributed by atoms with Gasteiger partial charge < -0.3 is 19.9 Å². The fourth-order valence-corrected chi connectivity index (χ4v) is 4.09. The molecule has 3 aromatic rings. The molecule has 2 amide bonds. The van der Waals surface area contributed by atoms with Crippen LogP contribution in [0.4, 0.5) is 11.4 Å². The van der Waals surface area contributed by atoms with E-state index in [4.69, 9.17) is 4.74 Å². The Kier molecular flexibility index (Phi) is 7.43. The molecule has 1 aliphatic heterocycles. The van der Waals surface area contributed by atoms with Crippen LogP contribution in [0.5, 0.6) is 5.75 Å². The number of pyridine rings is 1. The zero-order valence-corrected chi connectivity index (χ0v) is 20.1. The van der Waals surface area contributed by atoms with Crippen LogP contribution in [0.3, 0.4) is 0 Å². The van der Waals surface area contributed by atoms with E-state index in [9.17, 15) is 19.7 Å². The highest BCUT2D eigenvalue weighted by molar-refractivity contribution is 5.97. The maximum Gasteiger partial charge on any atom is 0.293 e. The lowest BCUT2D eigenvalue weighted by molar-refractivity contribution is -0.384. The van der Waals surface area contributed by atoms with Crippen LogP contribution in [-0.4, -0.2) is 64.8 Å². The summed E-state index contributed by atoms with van der Waals surface area (Å²) in [6.45, 7) is 3.29. The highest BCUT2D eigenvalue weighted by Crippen LogP contribution is 2.29. The molecule has 36 heavy (non-hydrogen) atoms. The number of carbonyl (C=O) groups excluding carboxylic acids is 2. The first-order valence-corrected chi connectivity index (χ1v) is 11.6. The lowest BCUT2D eigenvalue weighted by Gasteiger charge is -2.35. The number of piperazine rings is 1. The summed E-state index contributed by atoms with van der Waals surface area (Å²) in [7, 11) is 1.56. The van der Waals surface area contributed by atoms with Crippen molar-refractivity contribution < 1.29 is 19.2 Å². The van der Waals surface area contributed by atoms with Gasteiger partial charge in [-0.1, -0.05) is 6.07 Å². The minimum absolute atomic E-state index is 0.113. The number of nitrogens with zero attached hydrogens (tertiary/aromatic N) is 4. The Labute approximate surface area is 208 Å². The predicted molar refractivity (Wildman–Crippen MR) is 134 cm³/mol. The van der Waals surface area contributed by atoms with Crippen LogP contribution in [0, 0.1) is 10.1 Å². The van der Waals surface area contributed by atoms with Crippen molar-refractivity contribution in [3.8, 4) is 5.75 Å². The lowest BCUT2D eigenvalue weighted by atomic mass is 10.1. The number of aromatic nitrogens is 1. The number of nitrogens with one attached hydrogen (secondary N) is 1. The van der Waals surface area contributed by atoms with Gasteiger partial charge in [0.1, 0.15) is 11.4 Å². The van der Waals surface area contributed by atoms with Gasteiger partial charge in [0.25, 0.3) is 17.5 Å². The molecule has 1 aliphatic rings. The van der Waals surface area contributed by atoms with Crippen molar-refractivity contribution in [1.29, 1.82) is 0 Å². The normalized spacial score (nSPS) is 14.2. The van der Waals surface area contributed by atoms with Gasteiger partial charge in [-0.2, -0.15) is 0 Å². The topological polar surface area (TPSA) is 118 Å². The molecule has 1 atom stereocenters. The molecule has 0 saturated carbocycles. The van der Waals surface area contributed by atoms with Crippen molar-refractivity contribution in [3.05, 3.63) is 93.8 Å². The standard InChI is InChI=1S/C26H27N5O5/c1-18(22-5-3-4-12-27-22)28-23-11-8-20(17-24(23)31(34)35)26(33)30-15-13-29(14-16-30)25(32)19-6-9-21(36-2)10-7-19/h3-12,17-18,28H,13-16H2,1-2H3. The van der Waals surface area contributed by atoms with E-state index in [0.717, 1.165) is 5.69 Å². The van der Waals surface area contributed by atoms with Crippen LogP contribution in [-0.2, 0) is 0 Å². The largest absolute Gasteiger partial charge is 0.497 e. The summed E-state index contributed by atoms with van der Waals surface area (Å²) in [5, 5.41) is 14.9. The van der Waals surface area contributed by atoms with Crippen molar-refractivity contribution in [1.82, 2.24) is 14.8 Å². The molecule has 2 aromatic carbocycles. The van der Waals surface area contributed by atoms with E-state index in [0.29, 0.717) is 43.2 Å². The van der Waals surface area contributed by atoms with Crippen molar-refractivity contribution >= 4 is 23.2 Å². The number of methoxy groups -OCH3 is 1. The molecule has 10 nitrogen and oxygen atoms in total. The monoisotopic (exact) mass is 489 g/mol. The molecule has 0 bridgehead atoms. The van der Waals surface area contributed by atoms with Crippen molar-refractivity contribution in [2.24, 2.45) is 0 Å². The second kappa shape index (κ2) is 10.9. The molecule has 0 aliphatic carbocycles. The number of anilines is 1. The summed E-state index contributed by atoms with van der Waals surface area (Å²) >= 11 is 0. The minimum Gasteiger partial charge on any atom is -0.497 e. The van der Waals surface area contributed by atoms with Crippen LogP contribution in [0.1, 0.15) is 39.4 Å². The smallest absolute Gasteiger partial charge is 0.293 e. The zero-order valence-electron chi connectivity index (χ0n) is 20.1. The number of hydrogen-bond acceptors (Lipinski definition) is 7. The summed E-state index contributed by atoms with van der Waals surface area (Å²) in [6.07, 6.45) is 1.66. The highest BCUT2D eigenvalue weighted by atomic mass is 16.6. The molecule has 2 heterocycles. The average Bonchev–Trinajstić information content (AvgIpc) is 2.93. The van der Waals surface area contributed by atoms with Crippen LogP contribution < -0.4 is 10.1 Å². The van der Waals surface area contributed by atoms with Gasteiger partial charge in [0.15, 0.2) is 0 Å². The quantitative estimate of drug-likeness (QED) is 0.396. The first-order valence-electron chi connectivity index (χ1n) is 11.6. The first-order chi connectivity index (χ1) is 17.4. The molecular formula is C26H27N5O5. The van der Waals surface area contributed by atoms with E-state index < -0.39 is 4.92 Å². The number of benzene rings is 2. The molecule has 0 spiro atoms. The number of ether oxygens (including phenoxy) is 1. The molecule has 1 fully saturated rings. The molecule has 1 unspecified atom stereocenters. The van der Waals surface area contributed by atoms with Crippen LogP contribution in [0.15, 0.2) is 66.9 Å². The first kappa shape index (κ1) is 24.6. The number of rotatable bonds is 7. The molecule has 186 valence electrons. The van der Waals surface area contributed by atoms with Crippen LogP contribution in [0.25, 0.3) is 0 Å². The highest BCUT2D eigenvalue weighted by Gasteiger charge is 2.27. The van der Waals surface area contributed by atoms with Crippen molar-refractivity contribution in [2.75, 3.05) is 38.6 Å². The summed E-state index contributed by atoms with van der Waals surface area (Å²) in [5.41, 5.74) is 1.65. The van der Waals surface area contributed by atoms with Gasteiger partial charge >= 0.3 is 0 Å². The predicted octanol–water partition coefficient (Wildman–Crippen LogP) is 3.77. The van der Waals surface area contributed by atoms with E-state index in [-0.39, 0.29) is 29.1 Å². The van der Waals surface area contributed by atoms with Crippen LogP contribution >= 0.6 is 0 Å². The molecule has 4 rings (SSSR count). The van der Waals surface area contributed by atoms with Gasteiger partial charge in [0.05, 0.1) is 23.8 Å². The van der Waals surface area contributed by atoms with E-state index in [1.807, 2.05) is 19.1 Å². The number of hydrogen-bond donors (Lipinski definition) is 1. The van der Waals surface area contributed by atoms with E-state index in [1.54, 1.807) is 65.6 Å². The summed E-state index contributed by atoms with van der Waals surface area (Å²) in [5.74, 6) is 0.250. The van der Waals surface area contributed by atoms with Gasteiger partial charge in [-0.3, -0.25) is 24.7 Å². The average molecular weight is 490 g/mol. The third kappa shape index (κ3) is 5.43. The van der Waals surface area contributed by atoms with E-state index >= 15 is 0 Å². The van der Waals surface area contributed by atoms with E-state index in [2.05, 4.69) is 10.3 Å². The fourth-order valence-electron chi connectivity index (χ4n) is 4.09. The maximum absolute atomic E-state index is 13.1. The van der Waals surface area contributed by atoms with Gasteiger partial charge in [0, 0.05) is 49.6 Å². The van der Waals surface area contributed by atoms with Gasteiger partial charge in [-0.25, -0.2) is 0 Å². The Hall–Kier alpha value is -4.47. The Balaban J connectivity index is 1.42. The molecule has 0 radical (unpaired) electrons. The van der Waals surface area contributed by atoms with Gasteiger partial charge in [-0.15, -0.1) is 0 Å². The maximum atomic E-state index is 13.1. The van der Waals surface area contributed by atoms with Crippen LogP contribution in [0.2, 0.25) is 0 Å². The Morgan fingerprint density at radius 1 is 0.972 bits per heavy atom. The van der Waals surface area contributed by atoms with Crippen molar-refractivity contribution in [2.45, 2.75) is 13.0 Å². The molecule has 1 saturated heterocycles. The number of carbonyl (C=O) groups is 2. The second-order valence-electron chi connectivity index (χ2n) is 8.42. The van der Waals surface area contributed by atoms with E-state index in [1.165, 1.54) is 6.07 Å². The third-order valence-corrected chi connectivity index (χ3v) is 6.14. The second-order valence-corrected chi connectivity index (χ2v) is 8.42. The Bertz CT molecular complexity index is 1240. The molecule has 1 N–H and O–H groups in total. The summed E-state index contributed by atoms with van der Waals surface area (Å²) in [4.78, 5) is 44.7. The number of amides is 2. The Morgan fingerprint density at radius 2 is 1.58 bits per heavy atom.